The van der Waals surface area contributed by atoms with Crippen LogP contribution in [0.1, 0.15) is 5.69 Å². The molecule has 0 fully saturated rings. The third-order valence-corrected chi connectivity index (χ3v) is 2.62. The summed E-state index contributed by atoms with van der Waals surface area (Å²) in [7, 11) is 0. The number of hydrogen-bond acceptors (Lipinski definition) is 5. The number of alkyl halides is 5. The molecule has 2 rings (SSSR count). The highest BCUT2D eigenvalue weighted by atomic mass is 79.9. The molecule has 13 heteroatoms. The van der Waals surface area contributed by atoms with Crippen LogP contribution in [-0.4, -0.2) is 42.2 Å². The first-order valence-electron chi connectivity index (χ1n) is 4.63. The number of nitrogens with zero attached hydrogens (tertiary/aromatic N) is 6. The number of aromatic nitrogens is 6. The summed E-state index contributed by atoms with van der Waals surface area (Å²) < 4.78 is 63.2. The summed E-state index contributed by atoms with van der Waals surface area (Å²) in [6.07, 6.45) is -3.93. The summed E-state index contributed by atoms with van der Waals surface area (Å²) in [5.41, 5.74) is -1.74. The Hall–Kier alpha value is -1.92. The lowest BCUT2D eigenvalue weighted by Gasteiger charge is -2.19. The van der Waals surface area contributed by atoms with Crippen LogP contribution in [-0.2, 0) is 5.92 Å². The van der Waals surface area contributed by atoms with Crippen molar-refractivity contribution < 1.29 is 26.7 Å². The van der Waals surface area contributed by atoms with Gasteiger partial charge in [-0.05, 0) is 15.9 Å². The molecule has 2 aromatic rings. The maximum absolute atomic E-state index is 13.4. The maximum Gasteiger partial charge on any atom is 0.459 e. The first-order chi connectivity index (χ1) is 9.16. The number of halogens is 6. The molecule has 2 heterocycles. The zero-order valence-electron chi connectivity index (χ0n) is 9.01. The number of hydrogen-bond donors (Lipinski definition) is 0. The molecule has 0 aliphatic carbocycles. The Labute approximate surface area is 114 Å². The van der Waals surface area contributed by atoms with Crippen LogP contribution in [0.2, 0.25) is 0 Å². The van der Waals surface area contributed by atoms with Crippen LogP contribution in [0.4, 0.5) is 26.7 Å². The summed E-state index contributed by atoms with van der Waals surface area (Å²) in [5, 5.41) is 12.3. The van der Waals surface area contributed by atoms with Crippen molar-refractivity contribution in [1.82, 2.24) is 30.0 Å². The van der Waals surface area contributed by atoms with Crippen LogP contribution in [0.5, 0.6) is 0 Å². The number of carbonyl (C=O) groups excluding carboxylic acids is 1. The fourth-order valence-electron chi connectivity index (χ4n) is 1.20. The molecule has 0 N–H and O–H groups in total. The van der Waals surface area contributed by atoms with Crippen molar-refractivity contribution in [2.24, 2.45) is 0 Å². The van der Waals surface area contributed by atoms with Gasteiger partial charge in [-0.3, -0.25) is 0 Å². The van der Waals surface area contributed by atoms with Gasteiger partial charge in [-0.2, -0.15) is 31.3 Å². The van der Waals surface area contributed by atoms with Crippen molar-refractivity contribution >= 4 is 22.0 Å². The molecule has 0 saturated heterocycles. The minimum atomic E-state index is -5.92. The minimum absolute atomic E-state index is 0.202. The third-order valence-electron chi connectivity index (χ3n) is 2.08. The quantitative estimate of drug-likeness (QED) is 0.724. The monoisotopic (exact) mass is 360 g/mol. The predicted molar refractivity (Wildman–Crippen MR) is 53.9 cm³/mol. The van der Waals surface area contributed by atoms with E-state index in [1.54, 1.807) is 0 Å². The van der Waals surface area contributed by atoms with Crippen molar-refractivity contribution in [1.29, 1.82) is 0 Å². The van der Waals surface area contributed by atoms with Crippen LogP contribution < -0.4 is 0 Å². The van der Waals surface area contributed by atoms with Gasteiger partial charge < -0.3 is 0 Å². The molecule has 2 aromatic heterocycles. The molecule has 0 aliphatic rings. The molecule has 7 nitrogen and oxygen atoms in total. The molecule has 0 aliphatic heterocycles. The Morgan fingerprint density at radius 2 is 1.85 bits per heavy atom. The molecular weight excluding hydrogens is 359 g/mol. The van der Waals surface area contributed by atoms with Crippen molar-refractivity contribution in [3.63, 3.8) is 0 Å². The second kappa shape index (κ2) is 4.57. The SMILES string of the molecule is O=C(n1ccnn1)n1nnc(Br)c1C(F)(F)C(F)(F)F. The molecule has 0 radical (unpaired) electrons. The highest BCUT2D eigenvalue weighted by Crippen LogP contribution is 2.45. The standard InChI is InChI=1S/C7H2BrF5N6O/c8-4-3(6(9,10)7(11,12)13)19(17-15-4)5(20)18-2-1-14-16-18/h1-2H. The van der Waals surface area contributed by atoms with Gasteiger partial charge in [0.1, 0.15) is 0 Å². The molecule has 108 valence electrons. The molecule has 0 atom stereocenters. The molecule has 0 aromatic carbocycles. The second-order valence-corrected chi connectivity index (χ2v) is 4.09. The molecule has 0 spiro atoms. The molecular formula is C7H2BrF5N6O. The largest absolute Gasteiger partial charge is 0.459 e. The van der Waals surface area contributed by atoms with Gasteiger partial charge in [0, 0.05) is 0 Å². The van der Waals surface area contributed by atoms with E-state index in [4.69, 9.17) is 0 Å². The van der Waals surface area contributed by atoms with Crippen LogP contribution in [0.15, 0.2) is 17.0 Å². The Morgan fingerprint density at radius 3 is 2.35 bits per heavy atom. The summed E-state index contributed by atoms with van der Waals surface area (Å²) in [6.45, 7) is 0. The molecule has 0 amide bonds. The van der Waals surface area contributed by atoms with Crippen molar-refractivity contribution in [3.05, 3.63) is 22.7 Å². The van der Waals surface area contributed by atoms with Crippen LogP contribution in [0.3, 0.4) is 0 Å². The third kappa shape index (κ3) is 2.17. The van der Waals surface area contributed by atoms with Gasteiger partial charge in [-0.25, -0.2) is 4.79 Å². The molecule has 0 unspecified atom stereocenters. The van der Waals surface area contributed by atoms with Gasteiger partial charge in [0.2, 0.25) is 0 Å². The highest BCUT2D eigenvalue weighted by molar-refractivity contribution is 9.10. The average Bonchev–Trinajstić information content (AvgIpc) is 2.95. The average molecular weight is 361 g/mol. The zero-order valence-corrected chi connectivity index (χ0v) is 10.6. The maximum atomic E-state index is 13.4. The summed E-state index contributed by atoms with van der Waals surface area (Å²) in [6, 6.07) is -1.39. The number of carbonyl (C=O) groups is 1. The lowest BCUT2D eigenvalue weighted by molar-refractivity contribution is -0.291. The van der Waals surface area contributed by atoms with E-state index in [-0.39, 0.29) is 4.68 Å². The topological polar surface area (TPSA) is 78.5 Å². The smallest absolute Gasteiger partial charge is 0.243 e. The van der Waals surface area contributed by atoms with E-state index >= 15 is 0 Å². The normalized spacial score (nSPS) is 12.7. The summed E-state index contributed by atoms with van der Waals surface area (Å²) in [5.74, 6) is -5.33. The first-order valence-corrected chi connectivity index (χ1v) is 5.43. The minimum Gasteiger partial charge on any atom is -0.243 e. The Morgan fingerprint density at radius 1 is 1.20 bits per heavy atom. The predicted octanol–water partition coefficient (Wildman–Crippen LogP) is 1.80. The Kier molecular flexibility index (Phi) is 3.31. The lowest BCUT2D eigenvalue weighted by Crippen LogP contribution is -2.38. The van der Waals surface area contributed by atoms with Crippen LogP contribution in [0, 0.1) is 0 Å². The molecule has 0 saturated carbocycles. The van der Waals surface area contributed by atoms with Crippen molar-refractivity contribution in [2.45, 2.75) is 12.1 Å². The summed E-state index contributed by atoms with van der Waals surface area (Å²) in [4.78, 5) is 11.7. The fourth-order valence-corrected chi connectivity index (χ4v) is 1.69. The van der Waals surface area contributed by atoms with Gasteiger partial charge in [0.05, 0.1) is 12.4 Å². The van der Waals surface area contributed by atoms with Crippen molar-refractivity contribution in [3.8, 4) is 0 Å². The van der Waals surface area contributed by atoms with E-state index in [2.05, 4.69) is 36.6 Å². The van der Waals surface area contributed by atoms with E-state index in [1.165, 1.54) is 0 Å². The number of rotatable bonds is 1. The van der Waals surface area contributed by atoms with Crippen molar-refractivity contribution in [2.75, 3.05) is 0 Å². The van der Waals surface area contributed by atoms with Gasteiger partial charge in [0.25, 0.3) is 0 Å². The van der Waals surface area contributed by atoms with E-state index in [1.807, 2.05) is 0 Å². The van der Waals surface area contributed by atoms with Gasteiger partial charge in [0.15, 0.2) is 10.3 Å². The lowest BCUT2D eigenvalue weighted by atomic mass is 10.2. The molecule has 20 heavy (non-hydrogen) atoms. The second-order valence-electron chi connectivity index (χ2n) is 3.34. The van der Waals surface area contributed by atoms with Crippen LogP contribution in [0.25, 0.3) is 0 Å². The van der Waals surface area contributed by atoms with E-state index in [9.17, 15) is 26.7 Å². The fraction of sp³-hybridized carbons (Fsp3) is 0.286. The highest BCUT2D eigenvalue weighted by Gasteiger charge is 2.62. The van der Waals surface area contributed by atoms with Gasteiger partial charge in [-0.1, -0.05) is 10.4 Å². The van der Waals surface area contributed by atoms with E-state index in [0.717, 1.165) is 12.4 Å². The molecule has 0 bridgehead atoms. The Bertz CT molecular complexity index is 635. The summed E-state index contributed by atoms with van der Waals surface area (Å²) >= 11 is 2.41. The van der Waals surface area contributed by atoms with Gasteiger partial charge >= 0.3 is 18.1 Å². The van der Waals surface area contributed by atoms with Gasteiger partial charge in [-0.15, -0.1) is 10.2 Å². The zero-order chi connectivity index (χ0) is 15.1. The Balaban J connectivity index is 2.57. The van der Waals surface area contributed by atoms with Crippen LogP contribution >= 0.6 is 15.9 Å². The first kappa shape index (κ1) is 14.5. The van der Waals surface area contributed by atoms with E-state index in [0.29, 0.717) is 4.68 Å². The van der Waals surface area contributed by atoms with E-state index < -0.39 is 28.4 Å².